The molecule has 1 saturated heterocycles. The molecule has 120 valence electrons. The largest absolute Gasteiger partial charge is 0.489 e. The van der Waals surface area contributed by atoms with E-state index in [1.165, 1.54) is 0 Å². The van der Waals surface area contributed by atoms with Crippen molar-refractivity contribution in [3.63, 3.8) is 0 Å². The van der Waals surface area contributed by atoms with E-state index in [9.17, 15) is 4.79 Å². The van der Waals surface area contributed by atoms with Crippen LogP contribution < -0.4 is 15.4 Å². The van der Waals surface area contributed by atoms with Crippen LogP contribution in [0.4, 0.5) is 5.69 Å². The average molecular weight is 328 g/mol. The Morgan fingerprint density at radius 2 is 2.09 bits per heavy atom. The minimum Gasteiger partial charge on any atom is -0.489 e. The Balaban J connectivity index is 1.66. The summed E-state index contributed by atoms with van der Waals surface area (Å²) in [5.41, 5.74) is 2.96. The minimum absolute atomic E-state index is 0.0271. The number of para-hydroxylation sites is 1. The number of amides is 1. The van der Waals surface area contributed by atoms with Crippen LogP contribution in [-0.4, -0.2) is 23.6 Å². The van der Waals surface area contributed by atoms with Gasteiger partial charge >= 0.3 is 0 Å². The van der Waals surface area contributed by atoms with Crippen molar-refractivity contribution in [3.05, 3.63) is 59.7 Å². The molecule has 0 bridgehead atoms. The van der Waals surface area contributed by atoms with Gasteiger partial charge in [-0.3, -0.25) is 10.1 Å². The van der Waals surface area contributed by atoms with Crippen molar-refractivity contribution < 1.29 is 9.53 Å². The van der Waals surface area contributed by atoms with Gasteiger partial charge in [0.25, 0.3) is 0 Å². The summed E-state index contributed by atoms with van der Waals surface area (Å²) in [6.07, 6.45) is 0. The minimum atomic E-state index is -0.108. The third-order valence-electron chi connectivity index (χ3n) is 3.87. The Labute approximate surface area is 140 Å². The molecular formula is C18H20N2O2S. The van der Waals surface area contributed by atoms with Crippen LogP contribution in [0.25, 0.3) is 0 Å². The quantitative estimate of drug-likeness (QED) is 0.885. The SMILES string of the molecule is Cc1c(COc2ccccc2)cccc1NC(=O)[C@@H]1CSCN1. The second kappa shape index (κ2) is 7.53. The van der Waals surface area contributed by atoms with Crippen LogP contribution in [0.1, 0.15) is 11.1 Å². The summed E-state index contributed by atoms with van der Waals surface area (Å²) in [4.78, 5) is 12.2. The van der Waals surface area contributed by atoms with Gasteiger partial charge in [-0.2, -0.15) is 0 Å². The Morgan fingerprint density at radius 1 is 1.26 bits per heavy atom. The Bertz CT molecular complexity index is 670. The van der Waals surface area contributed by atoms with E-state index in [-0.39, 0.29) is 11.9 Å². The summed E-state index contributed by atoms with van der Waals surface area (Å²) in [7, 11) is 0. The van der Waals surface area contributed by atoms with E-state index < -0.39 is 0 Å². The average Bonchev–Trinajstić information content (AvgIpc) is 3.11. The molecule has 0 unspecified atom stereocenters. The summed E-state index contributed by atoms with van der Waals surface area (Å²) in [6, 6.07) is 15.5. The van der Waals surface area contributed by atoms with Crippen molar-refractivity contribution in [1.29, 1.82) is 0 Å². The Kier molecular flexibility index (Phi) is 5.20. The highest BCUT2D eigenvalue weighted by atomic mass is 32.2. The van der Waals surface area contributed by atoms with Crippen LogP contribution in [0.2, 0.25) is 0 Å². The number of ether oxygens (including phenoxy) is 1. The smallest absolute Gasteiger partial charge is 0.242 e. The second-order valence-corrected chi connectivity index (χ2v) is 6.48. The van der Waals surface area contributed by atoms with Gasteiger partial charge in [-0.05, 0) is 36.2 Å². The van der Waals surface area contributed by atoms with Gasteiger partial charge in [0.2, 0.25) is 5.91 Å². The number of rotatable bonds is 5. The molecule has 1 amide bonds. The maximum atomic E-state index is 12.2. The van der Waals surface area contributed by atoms with Crippen molar-refractivity contribution in [2.24, 2.45) is 0 Å². The molecule has 0 spiro atoms. The highest BCUT2D eigenvalue weighted by molar-refractivity contribution is 7.99. The van der Waals surface area contributed by atoms with Crippen LogP contribution in [-0.2, 0) is 11.4 Å². The fourth-order valence-electron chi connectivity index (χ4n) is 2.44. The molecule has 3 rings (SSSR count). The van der Waals surface area contributed by atoms with Gasteiger partial charge in [-0.1, -0.05) is 30.3 Å². The molecule has 2 N–H and O–H groups in total. The predicted octanol–water partition coefficient (Wildman–Crippen LogP) is 3.18. The van der Waals surface area contributed by atoms with Crippen molar-refractivity contribution in [2.75, 3.05) is 16.9 Å². The fourth-order valence-corrected chi connectivity index (χ4v) is 3.38. The zero-order valence-electron chi connectivity index (χ0n) is 13.0. The van der Waals surface area contributed by atoms with Gasteiger partial charge < -0.3 is 10.1 Å². The molecule has 1 atom stereocenters. The molecule has 23 heavy (non-hydrogen) atoms. The molecule has 1 fully saturated rings. The first-order valence-corrected chi connectivity index (χ1v) is 8.78. The van der Waals surface area contributed by atoms with E-state index in [2.05, 4.69) is 10.6 Å². The molecule has 0 aliphatic carbocycles. The molecule has 0 saturated carbocycles. The molecule has 0 radical (unpaired) electrons. The topological polar surface area (TPSA) is 50.4 Å². The molecule has 0 aromatic heterocycles. The molecule has 2 aromatic carbocycles. The highest BCUT2D eigenvalue weighted by Gasteiger charge is 2.22. The molecule has 1 aliphatic rings. The van der Waals surface area contributed by atoms with Crippen LogP contribution in [0.15, 0.2) is 48.5 Å². The van der Waals surface area contributed by atoms with Crippen LogP contribution in [0, 0.1) is 6.92 Å². The van der Waals surface area contributed by atoms with E-state index >= 15 is 0 Å². The molecular weight excluding hydrogens is 308 g/mol. The lowest BCUT2D eigenvalue weighted by atomic mass is 10.1. The fraction of sp³-hybridized carbons (Fsp3) is 0.278. The second-order valence-electron chi connectivity index (χ2n) is 5.45. The summed E-state index contributed by atoms with van der Waals surface area (Å²) in [5, 5.41) is 6.20. The van der Waals surface area contributed by atoms with E-state index in [1.807, 2.05) is 55.5 Å². The maximum Gasteiger partial charge on any atom is 0.242 e. The predicted molar refractivity (Wildman–Crippen MR) is 94.8 cm³/mol. The number of hydrogen-bond donors (Lipinski definition) is 2. The standard InChI is InChI=1S/C18H20N2O2S/c1-13-14(10-22-15-7-3-2-4-8-15)6-5-9-16(13)20-18(21)17-11-23-12-19-17/h2-9,17,19H,10-12H2,1H3,(H,20,21)/t17-/m0/s1. The first kappa shape index (κ1) is 15.9. The summed E-state index contributed by atoms with van der Waals surface area (Å²) >= 11 is 1.74. The molecule has 1 aliphatic heterocycles. The number of nitrogens with one attached hydrogen (secondary N) is 2. The van der Waals surface area contributed by atoms with Crippen molar-refractivity contribution in [1.82, 2.24) is 5.32 Å². The van der Waals surface area contributed by atoms with Gasteiger partial charge in [0.15, 0.2) is 0 Å². The third kappa shape index (κ3) is 4.06. The van der Waals surface area contributed by atoms with Gasteiger partial charge in [-0.15, -0.1) is 11.8 Å². The first-order valence-electron chi connectivity index (χ1n) is 7.62. The van der Waals surface area contributed by atoms with E-state index in [4.69, 9.17) is 4.74 Å². The molecule has 4 nitrogen and oxygen atoms in total. The number of hydrogen-bond acceptors (Lipinski definition) is 4. The zero-order chi connectivity index (χ0) is 16.1. The van der Waals surface area contributed by atoms with Crippen molar-refractivity contribution in [2.45, 2.75) is 19.6 Å². The Hall–Kier alpha value is -1.98. The number of thioether (sulfide) groups is 1. The van der Waals surface area contributed by atoms with Gasteiger partial charge in [-0.25, -0.2) is 0 Å². The van der Waals surface area contributed by atoms with Crippen molar-refractivity contribution in [3.8, 4) is 5.75 Å². The van der Waals surface area contributed by atoms with Crippen LogP contribution >= 0.6 is 11.8 Å². The molecule has 2 aromatic rings. The van der Waals surface area contributed by atoms with Crippen LogP contribution in [0.3, 0.4) is 0 Å². The number of carbonyl (C=O) groups excluding carboxylic acids is 1. The number of anilines is 1. The van der Waals surface area contributed by atoms with Gasteiger partial charge in [0, 0.05) is 17.3 Å². The third-order valence-corrected chi connectivity index (χ3v) is 4.81. The van der Waals surface area contributed by atoms with E-state index in [0.29, 0.717) is 6.61 Å². The number of benzene rings is 2. The van der Waals surface area contributed by atoms with Gasteiger partial charge in [0.05, 0.1) is 6.04 Å². The molecule has 1 heterocycles. The van der Waals surface area contributed by atoms with Crippen molar-refractivity contribution >= 4 is 23.4 Å². The van der Waals surface area contributed by atoms with Crippen LogP contribution in [0.5, 0.6) is 5.75 Å². The maximum absolute atomic E-state index is 12.2. The lowest BCUT2D eigenvalue weighted by Gasteiger charge is -2.15. The summed E-state index contributed by atoms with van der Waals surface area (Å²) in [6.45, 7) is 2.49. The highest BCUT2D eigenvalue weighted by Crippen LogP contribution is 2.22. The first-order chi connectivity index (χ1) is 11.2. The Morgan fingerprint density at radius 3 is 2.83 bits per heavy atom. The lowest BCUT2D eigenvalue weighted by molar-refractivity contribution is -0.117. The summed E-state index contributed by atoms with van der Waals surface area (Å²) in [5.74, 6) is 2.52. The lowest BCUT2D eigenvalue weighted by Crippen LogP contribution is -2.37. The van der Waals surface area contributed by atoms with Gasteiger partial charge in [0.1, 0.15) is 12.4 Å². The van der Waals surface area contributed by atoms with E-state index in [1.54, 1.807) is 11.8 Å². The zero-order valence-corrected chi connectivity index (χ0v) is 13.9. The molecule has 5 heteroatoms. The van der Waals surface area contributed by atoms with E-state index in [0.717, 1.165) is 34.2 Å². The normalized spacial score (nSPS) is 17.0. The number of carbonyl (C=O) groups is 1. The summed E-state index contributed by atoms with van der Waals surface area (Å²) < 4.78 is 5.80. The monoisotopic (exact) mass is 328 g/mol.